The quantitative estimate of drug-likeness (QED) is 0.387. The maximum absolute atomic E-state index is 12.2. The zero-order chi connectivity index (χ0) is 24.2. The molecule has 1 fully saturated rings. The molecule has 35 heavy (non-hydrogen) atoms. The molecule has 0 spiro atoms. The molecule has 1 saturated heterocycles. The van der Waals surface area contributed by atoms with E-state index in [9.17, 15) is 4.79 Å². The highest BCUT2D eigenvalue weighted by Gasteiger charge is 2.20. The second-order valence-corrected chi connectivity index (χ2v) is 10.3. The minimum Gasteiger partial charge on any atom is -0.493 e. The van der Waals surface area contributed by atoms with Crippen LogP contribution < -0.4 is 20.3 Å². The van der Waals surface area contributed by atoms with Gasteiger partial charge in [-0.1, -0.05) is 18.1 Å². The van der Waals surface area contributed by atoms with Gasteiger partial charge >= 0.3 is 6.03 Å². The van der Waals surface area contributed by atoms with E-state index in [1.165, 1.54) is 11.3 Å². The van der Waals surface area contributed by atoms with Gasteiger partial charge in [0, 0.05) is 54.7 Å². The van der Waals surface area contributed by atoms with Crippen LogP contribution in [0.5, 0.6) is 5.75 Å². The van der Waals surface area contributed by atoms with E-state index in [0.717, 1.165) is 91.4 Å². The van der Waals surface area contributed by atoms with Crippen LogP contribution in [0.3, 0.4) is 0 Å². The van der Waals surface area contributed by atoms with Gasteiger partial charge in [0.2, 0.25) is 0 Å². The fraction of sp³-hybridized carbons (Fsp3) is 0.393. The Kier molecular flexibility index (Phi) is 7.12. The van der Waals surface area contributed by atoms with Crippen LogP contribution >= 0.6 is 11.3 Å². The summed E-state index contributed by atoms with van der Waals surface area (Å²) in [4.78, 5) is 18.8. The van der Waals surface area contributed by atoms with Crippen molar-refractivity contribution in [3.8, 4) is 18.1 Å². The number of primary amides is 1. The number of amides is 2. The molecule has 7 heteroatoms. The van der Waals surface area contributed by atoms with E-state index >= 15 is 0 Å². The lowest BCUT2D eigenvalue weighted by molar-refractivity contribution is 0.249. The third-order valence-electron chi connectivity index (χ3n) is 6.95. The number of anilines is 2. The lowest BCUT2D eigenvalue weighted by Gasteiger charge is -2.36. The lowest BCUT2D eigenvalue weighted by atomic mass is 10.1. The molecule has 2 aliphatic heterocycles. The van der Waals surface area contributed by atoms with E-state index in [-0.39, 0.29) is 0 Å². The molecule has 2 aromatic carbocycles. The summed E-state index contributed by atoms with van der Waals surface area (Å²) in [5, 5.41) is 1.96. The smallest absolute Gasteiger partial charge is 0.319 e. The SMILES string of the molecule is C#Cc1ccc2cc(N(CCCCN3CCN(c4ccc5c(c4)OCCC5)CC3)C(N)=O)sc2c1. The van der Waals surface area contributed by atoms with Gasteiger partial charge in [-0.15, -0.1) is 17.8 Å². The number of unbranched alkanes of at least 4 members (excludes halogenated alkanes) is 1. The summed E-state index contributed by atoms with van der Waals surface area (Å²) in [6, 6.07) is 14.2. The van der Waals surface area contributed by atoms with Gasteiger partial charge < -0.3 is 15.4 Å². The van der Waals surface area contributed by atoms with Crippen LogP contribution in [0.15, 0.2) is 42.5 Å². The van der Waals surface area contributed by atoms with E-state index in [4.69, 9.17) is 16.9 Å². The van der Waals surface area contributed by atoms with Gasteiger partial charge in [-0.3, -0.25) is 9.80 Å². The molecule has 0 unspecified atom stereocenters. The predicted molar refractivity (Wildman–Crippen MR) is 145 cm³/mol. The van der Waals surface area contributed by atoms with Crippen LogP contribution in [0, 0.1) is 12.3 Å². The summed E-state index contributed by atoms with van der Waals surface area (Å²) >= 11 is 1.56. The summed E-state index contributed by atoms with van der Waals surface area (Å²) in [6.07, 6.45) is 9.69. The summed E-state index contributed by atoms with van der Waals surface area (Å²) < 4.78 is 6.93. The van der Waals surface area contributed by atoms with Crippen molar-refractivity contribution < 1.29 is 9.53 Å². The number of urea groups is 1. The Labute approximate surface area is 211 Å². The number of piperazine rings is 1. The first-order valence-electron chi connectivity index (χ1n) is 12.4. The van der Waals surface area contributed by atoms with Crippen LogP contribution in [-0.4, -0.2) is 56.8 Å². The standard InChI is InChI=1S/C28H32N4O2S/c1-2-21-7-8-23-19-27(35-26(23)18-21)32(28(29)33)12-4-3-11-30-13-15-31(16-14-30)24-10-9-22-6-5-17-34-25(22)20-24/h1,7-10,18-20H,3-6,11-17H2,(H2,29,33). The molecular formula is C28H32N4O2S. The van der Waals surface area contributed by atoms with Crippen LogP contribution in [0.1, 0.15) is 30.4 Å². The monoisotopic (exact) mass is 488 g/mol. The van der Waals surface area contributed by atoms with Gasteiger partial charge in [-0.05, 0) is 67.4 Å². The van der Waals surface area contributed by atoms with Crippen molar-refractivity contribution in [1.82, 2.24) is 4.90 Å². The highest BCUT2D eigenvalue weighted by atomic mass is 32.1. The predicted octanol–water partition coefficient (Wildman–Crippen LogP) is 4.70. The minimum absolute atomic E-state index is 0.406. The number of ether oxygens (including phenoxy) is 1. The van der Waals surface area contributed by atoms with Crippen LogP contribution in [0.2, 0.25) is 0 Å². The minimum atomic E-state index is -0.406. The van der Waals surface area contributed by atoms with Gasteiger partial charge in [0.1, 0.15) is 10.8 Å². The Morgan fingerprint density at radius 2 is 1.97 bits per heavy atom. The number of carbonyl (C=O) groups excluding carboxylic acids is 1. The Balaban J connectivity index is 1.10. The molecule has 0 atom stereocenters. The molecule has 0 radical (unpaired) electrons. The molecule has 2 amide bonds. The van der Waals surface area contributed by atoms with E-state index in [1.807, 2.05) is 24.3 Å². The average Bonchev–Trinajstić information content (AvgIpc) is 3.31. The number of aryl methyl sites for hydroxylation is 1. The van der Waals surface area contributed by atoms with Crippen molar-refractivity contribution in [3.63, 3.8) is 0 Å². The number of hydrogen-bond donors (Lipinski definition) is 1. The van der Waals surface area contributed by atoms with Crippen molar-refractivity contribution >= 4 is 38.1 Å². The van der Waals surface area contributed by atoms with Gasteiger partial charge in [0.15, 0.2) is 0 Å². The zero-order valence-electron chi connectivity index (χ0n) is 20.0. The number of fused-ring (bicyclic) bond motifs is 2. The van der Waals surface area contributed by atoms with E-state index in [2.05, 4.69) is 33.9 Å². The Bertz CT molecular complexity index is 1240. The molecule has 0 aliphatic carbocycles. The molecule has 3 aromatic rings. The molecular weight excluding hydrogens is 456 g/mol. The fourth-order valence-corrected chi connectivity index (χ4v) is 6.06. The largest absolute Gasteiger partial charge is 0.493 e. The Morgan fingerprint density at radius 1 is 1.11 bits per heavy atom. The van der Waals surface area contributed by atoms with Gasteiger partial charge in [-0.2, -0.15) is 0 Å². The van der Waals surface area contributed by atoms with Crippen molar-refractivity contribution in [1.29, 1.82) is 0 Å². The van der Waals surface area contributed by atoms with Crippen molar-refractivity contribution in [2.45, 2.75) is 25.7 Å². The number of thiophene rings is 1. The maximum Gasteiger partial charge on any atom is 0.319 e. The van der Waals surface area contributed by atoms with Crippen molar-refractivity contribution in [2.75, 3.05) is 55.7 Å². The van der Waals surface area contributed by atoms with Gasteiger partial charge in [-0.25, -0.2) is 4.79 Å². The summed E-state index contributed by atoms with van der Waals surface area (Å²) in [7, 11) is 0. The third-order valence-corrected chi connectivity index (χ3v) is 8.07. The molecule has 1 aromatic heterocycles. The second kappa shape index (κ2) is 10.6. The summed E-state index contributed by atoms with van der Waals surface area (Å²) in [6.45, 7) is 6.62. The molecule has 3 heterocycles. The Morgan fingerprint density at radius 3 is 2.77 bits per heavy atom. The number of nitrogens with zero attached hydrogens (tertiary/aromatic N) is 3. The Hall–Kier alpha value is -3.21. The highest BCUT2D eigenvalue weighted by molar-refractivity contribution is 7.23. The van der Waals surface area contributed by atoms with Crippen molar-refractivity contribution in [2.24, 2.45) is 5.73 Å². The first-order chi connectivity index (χ1) is 17.1. The molecule has 2 aliphatic rings. The zero-order valence-corrected chi connectivity index (χ0v) is 20.9. The third kappa shape index (κ3) is 5.39. The van der Waals surface area contributed by atoms with E-state index in [1.54, 1.807) is 16.2 Å². The number of nitrogens with two attached hydrogens (primary N) is 1. The van der Waals surface area contributed by atoms with E-state index < -0.39 is 6.03 Å². The average molecular weight is 489 g/mol. The highest BCUT2D eigenvalue weighted by Crippen LogP contribution is 2.33. The normalized spacial score (nSPS) is 15.9. The molecule has 2 N–H and O–H groups in total. The molecule has 5 rings (SSSR count). The van der Waals surface area contributed by atoms with Crippen LogP contribution in [0.4, 0.5) is 15.5 Å². The fourth-order valence-electron chi connectivity index (χ4n) is 4.93. The number of carbonyl (C=O) groups is 1. The van der Waals surface area contributed by atoms with Crippen LogP contribution in [0.25, 0.3) is 10.1 Å². The first kappa shape index (κ1) is 23.5. The van der Waals surface area contributed by atoms with Gasteiger partial charge in [0.05, 0.1) is 6.61 Å². The number of hydrogen-bond acceptors (Lipinski definition) is 5. The lowest BCUT2D eigenvalue weighted by Crippen LogP contribution is -2.46. The summed E-state index contributed by atoms with van der Waals surface area (Å²) in [5.41, 5.74) is 9.16. The van der Waals surface area contributed by atoms with E-state index in [0.29, 0.717) is 6.54 Å². The number of rotatable bonds is 7. The molecule has 0 saturated carbocycles. The van der Waals surface area contributed by atoms with Gasteiger partial charge in [0.25, 0.3) is 0 Å². The topological polar surface area (TPSA) is 62.0 Å². The summed E-state index contributed by atoms with van der Waals surface area (Å²) in [5.74, 6) is 3.73. The molecule has 182 valence electrons. The number of benzene rings is 2. The molecule has 0 bridgehead atoms. The van der Waals surface area contributed by atoms with Crippen LogP contribution in [-0.2, 0) is 6.42 Å². The maximum atomic E-state index is 12.2. The first-order valence-corrected chi connectivity index (χ1v) is 13.2. The number of terminal acetylenes is 1. The van der Waals surface area contributed by atoms with Crippen molar-refractivity contribution in [3.05, 3.63) is 53.6 Å². The second-order valence-electron chi connectivity index (χ2n) is 9.25. The molecule has 6 nitrogen and oxygen atoms in total.